The quantitative estimate of drug-likeness (QED) is 0.631. The number of hydrogen-bond acceptors (Lipinski definition) is 6. The number of fused-ring (bicyclic) bond motifs is 1. The lowest BCUT2D eigenvalue weighted by atomic mass is 10.1. The molecule has 1 N–H and O–H groups in total. The molecule has 0 radical (unpaired) electrons. The molecule has 0 spiro atoms. The zero-order valence-corrected chi connectivity index (χ0v) is 19.3. The number of hydrogen-bond donors (Lipinski definition) is 1. The summed E-state index contributed by atoms with van der Waals surface area (Å²) in [7, 11) is 2.17. The average Bonchev–Trinajstić information content (AvgIpc) is 3.67. The van der Waals surface area contributed by atoms with Crippen molar-refractivity contribution in [3.63, 3.8) is 0 Å². The lowest BCUT2D eigenvalue weighted by Crippen LogP contribution is -2.50. The van der Waals surface area contributed by atoms with E-state index in [0.29, 0.717) is 17.6 Å². The van der Waals surface area contributed by atoms with Crippen LogP contribution >= 0.6 is 0 Å². The van der Waals surface area contributed by atoms with Gasteiger partial charge in [-0.3, -0.25) is 9.78 Å². The van der Waals surface area contributed by atoms with E-state index in [0.717, 1.165) is 60.2 Å². The molecule has 1 saturated heterocycles. The van der Waals surface area contributed by atoms with Crippen LogP contribution in [0.5, 0.6) is 0 Å². The van der Waals surface area contributed by atoms with Gasteiger partial charge < -0.3 is 15.1 Å². The number of rotatable bonds is 3. The third-order valence-electron chi connectivity index (χ3n) is 6.57. The average molecular weight is 441 g/mol. The maximum Gasteiger partial charge on any atom is 0.228 e. The van der Waals surface area contributed by atoms with Gasteiger partial charge in [0.1, 0.15) is 11.5 Å². The minimum atomic E-state index is 0.0410. The third-order valence-corrected chi connectivity index (χ3v) is 6.57. The van der Waals surface area contributed by atoms with Crippen LogP contribution in [0.25, 0.3) is 10.8 Å². The van der Waals surface area contributed by atoms with Gasteiger partial charge in [0.2, 0.25) is 5.91 Å². The van der Waals surface area contributed by atoms with Crippen LogP contribution in [0.1, 0.15) is 36.7 Å². The van der Waals surface area contributed by atoms with Gasteiger partial charge in [0.25, 0.3) is 0 Å². The summed E-state index contributed by atoms with van der Waals surface area (Å²) in [6.45, 7) is 7.25. The minimum absolute atomic E-state index is 0.0410. The number of pyridine rings is 3. The molecule has 33 heavy (non-hydrogen) atoms. The van der Waals surface area contributed by atoms with Gasteiger partial charge >= 0.3 is 0 Å². The Kier molecular flexibility index (Phi) is 5.69. The number of anilines is 2. The fourth-order valence-electron chi connectivity index (χ4n) is 4.07. The summed E-state index contributed by atoms with van der Waals surface area (Å²) in [4.78, 5) is 30.3. The Balaban J connectivity index is 1.38. The lowest BCUT2D eigenvalue weighted by Gasteiger charge is -2.38. The first-order valence-corrected chi connectivity index (χ1v) is 11.5. The van der Waals surface area contributed by atoms with E-state index in [-0.39, 0.29) is 11.8 Å². The molecule has 7 nitrogen and oxygen atoms in total. The van der Waals surface area contributed by atoms with E-state index in [4.69, 9.17) is 0 Å². The SMILES string of the molecule is Cc1ncc(C#Cc2ccc(N3CCN(C)[C@@H](C)C3)cn2)c2cc(NC(=O)C3CC3)ncc12. The number of nitrogens with zero attached hydrogens (tertiary/aromatic N) is 5. The number of carbonyl (C=O) groups excluding carboxylic acids is 1. The minimum Gasteiger partial charge on any atom is -0.367 e. The zero-order valence-electron chi connectivity index (χ0n) is 19.3. The van der Waals surface area contributed by atoms with Crippen molar-refractivity contribution in [3.05, 3.63) is 53.7 Å². The normalized spacial score (nSPS) is 18.6. The van der Waals surface area contributed by atoms with Gasteiger partial charge in [-0.15, -0.1) is 0 Å². The molecule has 5 rings (SSSR count). The van der Waals surface area contributed by atoms with E-state index in [1.165, 1.54) is 0 Å². The van der Waals surface area contributed by atoms with Crippen LogP contribution in [-0.4, -0.2) is 58.5 Å². The summed E-state index contributed by atoms with van der Waals surface area (Å²) >= 11 is 0. The van der Waals surface area contributed by atoms with Crippen molar-refractivity contribution >= 4 is 28.2 Å². The standard InChI is InChI=1S/C26H28N6O/c1-17-16-32(11-10-31(17)3)22-9-8-21(28-14-22)7-6-20-13-27-18(2)24-15-29-25(12-23(20)24)30-26(33)19-4-5-19/h8-9,12-15,17,19H,4-5,10-11,16H2,1-3H3,(H,29,30,33)/t17-/m0/s1. The van der Waals surface area contributed by atoms with E-state index < -0.39 is 0 Å². The molecule has 4 heterocycles. The molecule has 1 aliphatic heterocycles. The molecule has 7 heteroatoms. The zero-order chi connectivity index (χ0) is 22.9. The van der Waals surface area contributed by atoms with Crippen molar-refractivity contribution in [2.24, 2.45) is 5.92 Å². The Hall–Kier alpha value is -3.50. The van der Waals surface area contributed by atoms with Gasteiger partial charge in [0.15, 0.2) is 0 Å². The molecule has 1 aliphatic carbocycles. The van der Waals surface area contributed by atoms with Crippen LogP contribution in [-0.2, 0) is 4.79 Å². The fraction of sp³-hybridized carbons (Fsp3) is 0.385. The maximum absolute atomic E-state index is 12.1. The Morgan fingerprint density at radius 1 is 1.06 bits per heavy atom. The van der Waals surface area contributed by atoms with Crippen molar-refractivity contribution in [2.75, 3.05) is 36.9 Å². The molecule has 3 aromatic rings. The molecule has 1 saturated carbocycles. The highest BCUT2D eigenvalue weighted by Gasteiger charge is 2.29. The van der Waals surface area contributed by atoms with Crippen LogP contribution in [0.4, 0.5) is 11.5 Å². The van der Waals surface area contributed by atoms with Crippen LogP contribution in [0.15, 0.2) is 36.8 Å². The third kappa shape index (κ3) is 4.67. The van der Waals surface area contributed by atoms with E-state index in [1.54, 1.807) is 12.4 Å². The number of aryl methyl sites for hydroxylation is 1. The molecule has 1 atom stereocenters. The molecule has 168 valence electrons. The largest absolute Gasteiger partial charge is 0.367 e. The summed E-state index contributed by atoms with van der Waals surface area (Å²) < 4.78 is 0. The number of likely N-dealkylation sites (N-methyl/N-ethyl adjacent to an activating group) is 1. The van der Waals surface area contributed by atoms with Crippen LogP contribution in [0.3, 0.4) is 0 Å². The summed E-state index contributed by atoms with van der Waals surface area (Å²) in [5, 5.41) is 4.78. The van der Waals surface area contributed by atoms with E-state index in [9.17, 15) is 4.79 Å². The summed E-state index contributed by atoms with van der Waals surface area (Å²) in [6.07, 6.45) is 7.35. The Bertz CT molecular complexity index is 1260. The first kappa shape index (κ1) is 21.4. The molecular weight excluding hydrogens is 412 g/mol. The van der Waals surface area contributed by atoms with Crippen molar-refractivity contribution < 1.29 is 4.79 Å². The predicted molar refractivity (Wildman–Crippen MR) is 130 cm³/mol. The number of carbonyl (C=O) groups is 1. The van der Waals surface area contributed by atoms with Gasteiger partial charge in [-0.05, 0) is 57.9 Å². The highest BCUT2D eigenvalue weighted by Crippen LogP contribution is 2.30. The van der Waals surface area contributed by atoms with Gasteiger partial charge in [0, 0.05) is 60.5 Å². The van der Waals surface area contributed by atoms with Crippen LogP contribution in [0.2, 0.25) is 0 Å². The Morgan fingerprint density at radius 3 is 2.64 bits per heavy atom. The Labute approximate surface area is 194 Å². The number of nitrogens with one attached hydrogen (secondary N) is 1. The molecule has 0 unspecified atom stereocenters. The molecule has 0 bridgehead atoms. The predicted octanol–water partition coefficient (Wildman–Crippen LogP) is 3.22. The molecule has 2 aliphatic rings. The van der Waals surface area contributed by atoms with Gasteiger partial charge in [0.05, 0.1) is 17.4 Å². The molecular formula is C26H28N6O. The van der Waals surface area contributed by atoms with Crippen molar-refractivity contribution in [3.8, 4) is 11.8 Å². The monoisotopic (exact) mass is 440 g/mol. The van der Waals surface area contributed by atoms with Crippen LogP contribution < -0.4 is 10.2 Å². The summed E-state index contributed by atoms with van der Waals surface area (Å²) in [6, 6.07) is 6.47. The van der Waals surface area contributed by atoms with E-state index in [1.807, 2.05) is 25.3 Å². The number of aromatic nitrogens is 3. The van der Waals surface area contributed by atoms with Gasteiger partial charge in [-0.25, -0.2) is 9.97 Å². The van der Waals surface area contributed by atoms with Crippen molar-refractivity contribution in [1.82, 2.24) is 19.9 Å². The van der Waals surface area contributed by atoms with Gasteiger partial charge in [-0.1, -0.05) is 5.92 Å². The lowest BCUT2D eigenvalue weighted by molar-refractivity contribution is -0.117. The van der Waals surface area contributed by atoms with Crippen molar-refractivity contribution in [2.45, 2.75) is 32.7 Å². The highest BCUT2D eigenvalue weighted by atomic mass is 16.2. The van der Waals surface area contributed by atoms with E-state index >= 15 is 0 Å². The second kappa shape index (κ2) is 8.80. The van der Waals surface area contributed by atoms with Gasteiger partial charge in [-0.2, -0.15) is 0 Å². The maximum atomic E-state index is 12.1. The first-order valence-electron chi connectivity index (χ1n) is 11.5. The van der Waals surface area contributed by atoms with E-state index in [2.05, 4.69) is 61.9 Å². The molecule has 2 fully saturated rings. The smallest absolute Gasteiger partial charge is 0.228 e. The Morgan fingerprint density at radius 2 is 1.91 bits per heavy atom. The fourth-order valence-corrected chi connectivity index (χ4v) is 4.07. The number of amides is 1. The van der Waals surface area contributed by atoms with Crippen LogP contribution in [0, 0.1) is 24.7 Å². The van der Waals surface area contributed by atoms with Crippen molar-refractivity contribution in [1.29, 1.82) is 0 Å². The number of piperazine rings is 1. The molecule has 3 aromatic heterocycles. The second-order valence-electron chi connectivity index (χ2n) is 9.06. The highest BCUT2D eigenvalue weighted by molar-refractivity contribution is 5.96. The molecule has 1 amide bonds. The summed E-state index contributed by atoms with van der Waals surface area (Å²) in [5.41, 5.74) is 3.52. The molecule has 0 aromatic carbocycles. The first-order chi connectivity index (χ1) is 16.0. The topological polar surface area (TPSA) is 74.2 Å². The second-order valence-corrected chi connectivity index (χ2v) is 9.06. The summed E-state index contributed by atoms with van der Waals surface area (Å²) in [5.74, 6) is 7.12.